The van der Waals surface area contributed by atoms with Crippen molar-refractivity contribution in [3.05, 3.63) is 42.5 Å². The van der Waals surface area contributed by atoms with Gasteiger partial charge in [0.25, 0.3) is 0 Å². The number of fused-ring (bicyclic) bond motifs is 1. The number of hydrogen-bond donors (Lipinski definition) is 1. The Balaban J connectivity index is 2.03. The minimum Gasteiger partial charge on any atom is -0.493 e. The Kier molecular flexibility index (Phi) is 9.36. The van der Waals surface area contributed by atoms with Crippen LogP contribution in [-0.4, -0.2) is 37.1 Å². The molecule has 33 heavy (non-hydrogen) atoms. The van der Waals surface area contributed by atoms with Crippen molar-refractivity contribution in [2.75, 3.05) is 30.9 Å². The van der Waals surface area contributed by atoms with Crippen LogP contribution in [0.25, 0.3) is 0 Å². The van der Waals surface area contributed by atoms with Gasteiger partial charge in [0.15, 0.2) is 11.5 Å². The molecule has 180 valence electrons. The van der Waals surface area contributed by atoms with E-state index >= 15 is 0 Å². The van der Waals surface area contributed by atoms with Crippen LogP contribution in [-0.2, 0) is 4.79 Å². The molecule has 5 nitrogen and oxygen atoms in total. The zero-order chi connectivity index (χ0) is 23.7. The highest BCUT2D eigenvalue weighted by atomic mass is 32.2. The Morgan fingerprint density at radius 2 is 1.79 bits per heavy atom. The average Bonchev–Trinajstić information content (AvgIpc) is 2.98. The van der Waals surface area contributed by atoms with E-state index in [1.54, 1.807) is 7.11 Å². The summed E-state index contributed by atoms with van der Waals surface area (Å²) in [7, 11) is 1.63. The summed E-state index contributed by atoms with van der Waals surface area (Å²) in [5, 5.41) is 8.99. The fourth-order valence-electron chi connectivity index (χ4n) is 4.44. The van der Waals surface area contributed by atoms with E-state index in [-0.39, 0.29) is 18.4 Å². The summed E-state index contributed by atoms with van der Waals surface area (Å²) in [6.07, 6.45) is 7.26. The highest BCUT2D eigenvalue weighted by Gasteiger charge is 2.36. The van der Waals surface area contributed by atoms with Gasteiger partial charge in [-0.1, -0.05) is 57.7 Å². The minimum atomic E-state index is -0.870. The van der Waals surface area contributed by atoms with E-state index in [9.17, 15) is 4.79 Å². The third-order valence-electron chi connectivity index (χ3n) is 6.33. The average molecular weight is 472 g/mol. The molecule has 0 aliphatic carbocycles. The number of carbonyl (C=O) groups is 1. The van der Waals surface area contributed by atoms with Gasteiger partial charge in [0.1, 0.15) is 0 Å². The number of nitrogens with zero attached hydrogens (tertiary/aromatic N) is 1. The SMILES string of the molecule is CCCCC1(CCCC)CSc2cc(OCCC(=O)O)c(OC)cc2N(c2ccccc2)C1. The first-order valence-corrected chi connectivity index (χ1v) is 13.0. The van der Waals surface area contributed by atoms with Crippen molar-refractivity contribution in [3.63, 3.8) is 0 Å². The number of benzene rings is 2. The zero-order valence-corrected chi connectivity index (χ0v) is 21.0. The molecule has 0 fully saturated rings. The maximum absolute atomic E-state index is 10.9. The molecule has 0 radical (unpaired) electrons. The molecule has 0 amide bonds. The Morgan fingerprint density at radius 3 is 2.39 bits per heavy atom. The van der Waals surface area contributed by atoms with Gasteiger partial charge in [0.2, 0.25) is 0 Å². The number of carboxylic acid groups (broad SMARTS) is 1. The van der Waals surface area contributed by atoms with Crippen molar-refractivity contribution in [1.29, 1.82) is 0 Å². The highest BCUT2D eigenvalue weighted by Crippen LogP contribution is 2.50. The molecule has 0 atom stereocenters. The maximum Gasteiger partial charge on any atom is 0.306 e. The van der Waals surface area contributed by atoms with E-state index in [1.165, 1.54) is 44.2 Å². The molecule has 0 saturated carbocycles. The number of para-hydroxylation sites is 1. The largest absolute Gasteiger partial charge is 0.493 e. The second-order valence-corrected chi connectivity index (χ2v) is 9.90. The zero-order valence-electron chi connectivity index (χ0n) is 20.1. The molecule has 1 aliphatic heterocycles. The summed E-state index contributed by atoms with van der Waals surface area (Å²) in [5.41, 5.74) is 2.53. The number of ether oxygens (including phenoxy) is 2. The Hall–Kier alpha value is -2.34. The number of thioether (sulfide) groups is 1. The molecule has 0 aromatic heterocycles. The molecule has 1 N–H and O–H groups in total. The van der Waals surface area contributed by atoms with E-state index in [4.69, 9.17) is 14.6 Å². The summed E-state index contributed by atoms with van der Waals surface area (Å²) in [5.74, 6) is 1.43. The van der Waals surface area contributed by atoms with Gasteiger partial charge < -0.3 is 19.5 Å². The molecular weight excluding hydrogens is 434 g/mol. The van der Waals surface area contributed by atoms with E-state index < -0.39 is 5.97 Å². The molecule has 1 aliphatic rings. The Morgan fingerprint density at radius 1 is 1.09 bits per heavy atom. The molecule has 2 aromatic carbocycles. The van der Waals surface area contributed by atoms with Gasteiger partial charge >= 0.3 is 5.97 Å². The second-order valence-electron chi connectivity index (χ2n) is 8.88. The maximum atomic E-state index is 10.9. The first-order chi connectivity index (χ1) is 16.0. The highest BCUT2D eigenvalue weighted by molar-refractivity contribution is 7.99. The number of hydrogen-bond acceptors (Lipinski definition) is 5. The Bertz CT molecular complexity index is 894. The molecule has 0 saturated heterocycles. The Labute approximate surface area is 202 Å². The smallest absolute Gasteiger partial charge is 0.306 e. The lowest BCUT2D eigenvalue weighted by molar-refractivity contribution is -0.137. The third kappa shape index (κ3) is 6.59. The summed E-state index contributed by atoms with van der Waals surface area (Å²) >= 11 is 1.90. The number of aliphatic carboxylic acids is 1. The lowest BCUT2D eigenvalue weighted by Crippen LogP contribution is -2.36. The monoisotopic (exact) mass is 471 g/mol. The van der Waals surface area contributed by atoms with E-state index in [1.807, 2.05) is 17.8 Å². The second kappa shape index (κ2) is 12.2. The molecular formula is C27H37NO4S. The third-order valence-corrected chi connectivity index (χ3v) is 7.72. The van der Waals surface area contributed by atoms with Crippen LogP contribution < -0.4 is 14.4 Å². The van der Waals surface area contributed by atoms with Crippen LogP contribution in [0.1, 0.15) is 58.8 Å². The fourth-order valence-corrected chi connectivity index (χ4v) is 5.79. The first-order valence-electron chi connectivity index (χ1n) is 12.0. The van der Waals surface area contributed by atoms with Crippen LogP contribution >= 0.6 is 11.8 Å². The number of carboxylic acids is 1. The van der Waals surface area contributed by atoms with E-state index in [0.29, 0.717) is 11.5 Å². The van der Waals surface area contributed by atoms with Crippen molar-refractivity contribution in [2.45, 2.75) is 63.7 Å². The summed E-state index contributed by atoms with van der Waals surface area (Å²) < 4.78 is 11.5. The lowest BCUT2D eigenvalue weighted by atomic mass is 9.79. The standard InChI is InChI=1S/C27H37NO4S/c1-4-6-14-27(15-7-5-2)19-28(21-11-9-8-10-12-21)22-17-23(31-3)24(18-25(22)33-20-27)32-16-13-26(29)30/h8-12,17-18H,4-7,13-16,19-20H2,1-3H3,(H,29,30). The predicted octanol–water partition coefficient (Wildman–Crippen LogP) is 7.16. The molecule has 0 spiro atoms. The predicted molar refractivity (Wildman–Crippen MR) is 136 cm³/mol. The van der Waals surface area contributed by atoms with Crippen molar-refractivity contribution >= 4 is 29.1 Å². The van der Waals surface area contributed by atoms with E-state index in [0.717, 1.165) is 22.9 Å². The van der Waals surface area contributed by atoms with Gasteiger partial charge in [0, 0.05) is 28.9 Å². The summed E-state index contributed by atoms with van der Waals surface area (Å²) in [6, 6.07) is 14.7. The lowest BCUT2D eigenvalue weighted by Gasteiger charge is -2.37. The van der Waals surface area contributed by atoms with Gasteiger partial charge in [-0.05, 0) is 36.5 Å². The van der Waals surface area contributed by atoms with Gasteiger partial charge in [-0.3, -0.25) is 4.79 Å². The van der Waals surface area contributed by atoms with E-state index in [2.05, 4.69) is 55.1 Å². The number of methoxy groups -OCH3 is 1. The normalized spacial score (nSPS) is 14.9. The van der Waals surface area contributed by atoms with Gasteiger partial charge in [0.05, 0.1) is 25.8 Å². The van der Waals surface area contributed by atoms with Crippen molar-refractivity contribution in [1.82, 2.24) is 0 Å². The van der Waals surface area contributed by atoms with Crippen LogP contribution in [0, 0.1) is 5.41 Å². The molecule has 0 bridgehead atoms. The van der Waals surface area contributed by atoms with Crippen LogP contribution in [0.15, 0.2) is 47.4 Å². The topological polar surface area (TPSA) is 59.0 Å². The first kappa shape index (κ1) is 25.3. The fraction of sp³-hybridized carbons (Fsp3) is 0.519. The molecule has 1 heterocycles. The molecule has 0 unspecified atom stereocenters. The van der Waals surface area contributed by atoms with Crippen LogP contribution in [0.2, 0.25) is 0 Å². The molecule has 2 aromatic rings. The van der Waals surface area contributed by atoms with Crippen molar-refractivity contribution < 1.29 is 19.4 Å². The van der Waals surface area contributed by atoms with Crippen LogP contribution in [0.4, 0.5) is 11.4 Å². The van der Waals surface area contributed by atoms with Gasteiger partial charge in [-0.15, -0.1) is 11.8 Å². The van der Waals surface area contributed by atoms with Crippen molar-refractivity contribution in [3.8, 4) is 11.5 Å². The quantitative estimate of drug-likeness (QED) is 0.354. The van der Waals surface area contributed by atoms with Gasteiger partial charge in [-0.2, -0.15) is 0 Å². The summed E-state index contributed by atoms with van der Waals surface area (Å²) in [6.45, 7) is 5.63. The van der Waals surface area contributed by atoms with Crippen LogP contribution in [0.3, 0.4) is 0 Å². The molecule has 3 rings (SSSR count). The van der Waals surface area contributed by atoms with Crippen LogP contribution in [0.5, 0.6) is 11.5 Å². The van der Waals surface area contributed by atoms with Gasteiger partial charge in [-0.25, -0.2) is 0 Å². The molecule has 6 heteroatoms. The number of unbranched alkanes of at least 4 members (excludes halogenated alkanes) is 2. The van der Waals surface area contributed by atoms with Crippen molar-refractivity contribution in [2.24, 2.45) is 5.41 Å². The summed E-state index contributed by atoms with van der Waals surface area (Å²) in [4.78, 5) is 14.5. The number of anilines is 2. The minimum absolute atomic E-state index is 0.0410. The number of rotatable bonds is 12.